The van der Waals surface area contributed by atoms with E-state index in [0.717, 1.165) is 41.8 Å². The summed E-state index contributed by atoms with van der Waals surface area (Å²) < 4.78 is 12.4. The molecule has 0 bridgehead atoms. The highest BCUT2D eigenvalue weighted by atomic mass is 79.9. The lowest BCUT2D eigenvalue weighted by Crippen LogP contribution is -2.35. The minimum absolute atomic E-state index is 0.0862. The molecule has 1 aromatic carbocycles. The Kier molecular flexibility index (Phi) is 8.30. The molecular weight excluding hydrogens is 330 g/mol. The molecule has 0 heterocycles. The molecule has 21 heavy (non-hydrogen) atoms. The molecule has 0 fully saturated rings. The van der Waals surface area contributed by atoms with E-state index in [9.17, 15) is 0 Å². The molecule has 0 radical (unpaired) electrons. The van der Waals surface area contributed by atoms with Gasteiger partial charge in [0.25, 0.3) is 0 Å². The van der Waals surface area contributed by atoms with Crippen molar-refractivity contribution in [2.24, 2.45) is 0 Å². The predicted octanol–water partition coefficient (Wildman–Crippen LogP) is 4.53. The lowest BCUT2D eigenvalue weighted by Gasteiger charge is -2.22. The lowest BCUT2D eigenvalue weighted by molar-refractivity contribution is 0.0974. The van der Waals surface area contributed by atoms with Crippen molar-refractivity contribution in [2.75, 3.05) is 19.8 Å². The normalized spacial score (nSPS) is 11.7. The van der Waals surface area contributed by atoms with Crippen LogP contribution in [-0.2, 0) is 11.3 Å². The van der Waals surface area contributed by atoms with E-state index in [1.54, 1.807) is 0 Å². The van der Waals surface area contributed by atoms with Crippen molar-refractivity contribution in [3.63, 3.8) is 0 Å². The van der Waals surface area contributed by atoms with Crippen molar-refractivity contribution in [3.05, 3.63) is 28.2 Å². The molecule has 0 aliphatic carbocycles. The lowest BCUT2D eigenvalue weighted by atomic mass is 10.1. The largest absolute Gasteiger partial charge is 0.490 e. The number of para-hydroxylation sites is 1. The number of halogens is 1. The van der Waals surface area contributed by atoms with Gasteiger partial charge in [0.15, 0.2) is 0 Å². The second-order valence-electron chi connectivity index (χ2n) is 6.15. The number of hydrogen-bond donors (Lipinski definition) is 1. The van der Waals surface area contributed by atoms with Gasteiger partial charge >= 0.3 is 0 Å². The van der Waals surface area contributed by atoms with E-state index in [1.165, 1.54) is 0 Å². The quantitative estimate of drug-likeness (QED) is 0.658. The molecule has 0 spiro atoms. The predicted molar refractivity (Wildman–Crippen MR) is 92.0 cm³/mol. The average molecular weight is 358 g/mol. The maximum Gasteiger partial charge on any atom is 0.138 e. The SMILES string of the molecule is CCCCOCCOc1c(Br)cccc1CNC(C)(C)C. The van der Waals surface area contributed by atoms with Crippen LogP contribution in [0.4, 0.5) is 0 Å². The smallest absolute Gasteiger partial charge is 0.138 e. The summed E-state index contributed by atoms with van der Waals surface area (Å²) in [5, 5.41) is 3.49. The highest BCUT2D eigenvalue weighted by Crippen LogP contribution is 2.29. The monoisotopic (exact) mass is 357 g/mol. The van der Waals surface area contributed by atoms with Crippen molar-refractivity contribution in [1.82, 2.24) is 5.32 Å². The first-order valence-corrected chi connectivity index (χ1v) is 8.46. The van der Waals surface area contributed by atoms with Crippen LogP contribution in [0.1, 0.15) is 46.1 Å². The van der Waals surface area contributed by atoms with Crippen LogP contribution in [0.3, 0.4) is 0 Å². The Hall–Kier alpha value is -0.580. The third-order valence-corrected chi connectivity index (χ3v) is 3.60. The third-order valence-electron chi connectivity index (χ3n) is 2.97. The van der Waals surface area contributed by atoms with Crippen LogP contribution < -0.4 is 10.1 Å². The standard InChI is InChI=1S/C17H28BrNO2/c1-5-6-10-20-11-12-21-16-14(8-7-9-15(16)18)13-19-17(2,3)4/h7-9,19H,5-6,10-13H2,1-4H3. The van der Waals surface area contributed by atoms with Gasteiger partial charge in [0.05, 0.1) is 11.1 Å². The van der Waals surface area contributed by atoms with Crippen LogP contribution in [0.2, 0.25) is 0 Å². The summed E-state index contributed by atoms with van der Waals surface area (Å²) in [7, 11) is 0. The Balaban J connectivity index is 2.51. The Morgan fingerprint density at radius 2 is 1.90 bits per heavy atom. The minimum Gasteiger partial charge on any atom is -0.490 e. The number of unbranched alkanes of at least 4 members (excludes halogenated alkanes) is 1. The van der Waals surface area contributed by atoms with Gasteiger partial charge in [0.1, 0.15) is 12.4 Å². The molecule has 0 aliphatic heterocycles. The van der Waals surface area contributed by atoms with Gasteiger partial charge in [0.2, 0.25) is 0 Å². The number of nitrogens with one attached hydrogen (secondary N) is 1. The molecule has 0 aromatic heterocycles. The number of ether oxygens (including phenoxy) is 2. The highest BCUT2D eigenvalue weighted by molar-refractivity contribution is 9.10. The van der Waals surface area contributed by atoms with Gasteiger partial charge in [-0.25, -0.2) is 0 Å². The van der Waals surface area contributed by atoms with Crippen LogP contribution in [0.5, 0.6) is 5.75 Å². The molecule has 0 atom stereocenters. The molecular formula is C17H28BrNO2. The maximum atomic E-state index is 5.90. The minimum atomic E-state index is 0.0862. The highest BCUT2D eigenvalue weighted by Gasteiger charge is 2.12. The van der Waals surface area contributed by atoms with Crippen molar-refractivity contribution >= 4 is 15.9 Å². The molecule has 4 heteroatoms. The van der Waals surface area contributed by atoms with Crippen LogP contribution in [0.25, 0.3) is 0 Å². The number of hydrogen-bond acceptors (Lipinski definition) is 3. The zero-order chi connectivity index (χ0) is 15.7. The van der Waals surface area contributed by atoms with Gasteiger partial charge in [-0.3, -0.25) is 0 Å². The third kappa shape index (κ3) is 7.84. The van der Waals surface area contributed by atoms with Crippen LogP contribution in [0.15, 0.2) is 22.7 Å². The Labute approximate surface area is 137 Å². The first-order chi connectivity index (χ1) is 9.94. The van der Waals surface area contributed by atoms with E-state index in [4.69, 9.17) is 9.47 Å². The van der Waals surface area contributed by atoms with E-state index in [2.05, 4.69) is 55.0 Å². The second kappa shape index (κ2) is 9.44. The topological polar surface area (TPSA) is 30.5 Å². The van der Waals surface area contributed by atoms with Crippen molar-refractivity contribution in [3.8, 4) is 5.75 Å². The summed E-state index contributed by atoms with van der Waals surface area (Å²) in [5.41, 5.74) is 1.25. The van der Waals surface area contributed by atoms with E-state index < -0.39 is 0 Å². The second-order valence-corrected chi connectivity index (χ2v) is 7.00. The van der Waals surface area contributed by atoms with Gasteiger partial charge in [-0.1, -0.05) is 25.5 Å². The zero-order valence-electron chi connectivity index (χ0n) is 13.7. The first-order valence-electron chi connectivity index (χ1n) is 7.67. The summed E-state index contributed by atoms with van der Waals surface area (Å²) in [5.74, 6) is 0.911. The molecule has 120 valence electrons. The fourth-order valence-corrected chi connectivity index (χ4v) is 2.29. The van der Waals surface area contributed by atoms with Gasteiger partial charge in [-0.15, -0.1) is 0 Å². The zero-order valence-corrected chi connectivity index (χ0v) is 15.3. The van der Waals surface area contributed by atoms with Crippen LogP contribution in [-0.4, -0.2) is 25.4 Å². The molecule has 0 unspecified atom stereocenters. The van der Waals surface area contributed by atoms with Crippen molar-refractivity contribution in [1.29, 1.82) is 0 Å². The molecule has 0 saturated heterocycles. The van der Waals surface area contributed by atoms with E-state index in [1.807, 2.05) is 12.1 Å². The summed E-state index contributed by atoms with van der Waals surface area (Å²) in [4.78, 5) is 0. The van der Waals surface area contributed by atoms with Crippen LogP contribution >= 0.6 is 15.9 Å². The van der Waals surface area contributed by atoms with E-state index in [-0.39, 0.29) is 5.54 Å². The summed E-state index contributed by atoms with van der Waals surface area (Å²) in [6, 6.07) is 6.14. The molecule has 0 amide bonds. The molecule has 1 N–H and O–H groups in total. The molecule has 3 nitrogen and oxygen atoms in total. The summed E-state index contributed by atoms with van der Waals surface area (Å²) in [6.45, 7) is 11.5. The first kappa shape index (κ1) is 18.5. The van der Waals surface area contributed by atoms with Gasteiger partial charge in [-0.2, -0.15) is 0 Å². The molecule has 1 rings (SSSR count). The van der Waals surface area contributed by atoms with Crippen molar-refractivity contribution < 1.29 is 9.47 Å². The number of rotatable bonds is 9. The van der Waals surface area contributed by atoms with Gasteiger partial charge in [0, 0.05) is 24.3 Å². The Morgan fingerprint density at radius 3 is 2.57 bits per heavy atom. The molecule has 0 saturated carbocycles. The Bertz CT molecular complexity index is 416. The van der Waals surface area contributed by atoms with Crippen molar-refractivity contribution in [2.45, 2.75) is 52.6 Å². The number of benzene rings is 1. The Morgan fingerprint density at radius 1 is 1.14 bits per heavy atom. The van der Waals surface area contributed by atoms with Crippen LogP contribution in [0, 0.1) is 0 Å². The molecule has 1 aromatic rings. The van der Waals surface area contributed by atoms with E-state index >= 15 is 0 Å². The summed E-state index contributed by atoms with van der Waals surface area (Å²) >= 11 is 3.57. The van der Waals surface area contributed by atoms with Gasteiger partial charge in [-0.05, 0) is 49.2 Å². The fraction of sp³-hybridized carbons (Fsp3) is 0.647. The summed E-state index contributed by atoms with van der Waals surface area (Å²) in [6.07, 6.45) is 2.27. The average Bonchev–Trinajstić information content (AvgIpc) is 2.41. The van der Waals surface area contributed by atoms with Gasteiger partial charge < -0.3 is 14.8 Å². The molecule has 0 aliphatic rings. The fourth-order valence-electron chi connectivity index (χ4n) is 1.77. The maximum absolute atomic E-state index is 5.90. The van der Waals surface area contributed by atoms with E-state index in [0.29, 0.717) is 13.2 Å².